The fourth-order valence-electron chi connectivity index (χ4n) is 1.61. The van der Waals surface area contributed by atoms with Gasteiger partial charge in [-0.2, -0.15) is 11.8 Å². The molecule has 0 aromatic carbocycles. The number of amides is 2. The molecular weight excluding hydrogens is 214 g/mol. The van der Waals surface area contributed by atoms with E-state index in [-0.39, 0.29) is 17.9 Å². The van der Waals surface area contributed by atoms with Crippen molar-refractivity contribution in [1.29, 1.82) is 0 Å². The lowest BCUT2D eigenvalue weighted by molar-refractivity contribution is -0.139. The van der Waals surface area contributed by atoms with Gasteiger partial charge in [0.25, 0.3) is 0 Å². The van der Waals surface area contributed by atoms with Crippen LogP contribution in [0.1, 0.15) is 0 Å². The van der Waals surface area contributed by atoms with Crippen LogP contribution in [0.3, 0.4) is 0 Å². The second-order valence-corrected chi connectivity index (χ2v) is 4.22. The highest BCUT2D eigenvalue weighted by molar-refractivity contribution is 7.99. The highest BCUT2D eigenvalue weighted by Gasteiger charge is 2.30. The Balaban J connectivity index is 2.65. The molecule has 2 N–H and O–H groups in total. The summed E-state index contributed by atoms with van der Waals surface area (Å²) in [6.07, 6.45) is 1.88. The molecule has 1 atom stereocenters. The van der Waals surface area contributed by atoms with Crippen LogP contribution in [-0.4, -0.2) is 61.4 Å². The molecule has 0 saturated carbocycles. The normalized spacial score (nSPS) is 21.2. The monoisotopic (exact) mass is 231 g/mol. The van der Waals surface area contributed by atoms with Crippen LogP contribution >= 0.6 is 11.8 Å². The van der Waals surface area contributed by atoms with Gasteiger partial charge < -0.3 is 15.5 Å². The quantitative estimate of drug-likeness (QED) is 0.647. The van der Waals surface area contributed by atoms with Crippen molar-refractivity contribution in [2.24, 2.45) is 0 Å². The van der Waals surface area contributed by atoms with Crippen LogP contribution in [0.15, 0.2) is 0 Å². The number of carbonyl (C=O) groups excluding carboxylic acids is 2. The van der Waals surface area contributed by atoms with Crippen LogP contribution in [-0.2, 0) is 9.59 Å². The SMILES string of the molecule is CNC(=O)C1CNCCN1C(=O)CSC. The molecule has 1 heterocycles. The number of rotatable bonds is 3. The number of piperazine rings is 1. The third kappa shape index (κ3) is 3.10. The van der Waals surface area contributed by atoms with Crippen LogP contribution < -0.4 is 10.6 Å². The van der Waals surface area contributed by atoms with Crippen molar-refractivity contribution in [3.8, 4) is 0 Å². The Kier molecular flexibility index (Phi) is 4.90. The molecule has 86 valence electrons. The summed E-state index contributed by atoms with van der Waals surface area (Å²) in [5.74, 6) is 0.377. The van der Waals surface area contributed by atoms with Crippen LogP contribution in [0.5, 0.6) is 0 Å². The van der Waals surface area contributed by atoms with Gasteiger partial charge in [0.15, 0.2) is 0 Å². The predicted molar refractivity (Wildman–Crippen MR) is 60.8 cm³/mol. The Morgan fingerprint density at radius 3 is 2.93 bits per heavy atom. The molecule has 0 aromatic heterocycles. The average Bonchev–Trinajstić information content (AvgIpc) is 2.28. The molecule has 0 aromatic rings. The van der Waals surface area contributed by atoms with Gasteiger partial charge in [-0.05, 0) is 6.26 Å². The maximum Gasteiger partial charge on any atom is 0.243 e. The molecule has 0 radical (unpaired) electrons. The summed E-state index contributed by atoms with van der Waals surface area (Å²) in [5.41, 5.74) is 0. The van der Waals surface area contributed by atoms with Crippen molar-refractivity contribution in [2.45, 2.75) is 6.04 Å². The molecule has 0 aliphatic carbocycles. The van der Waals surface area contributed by atoms with Gasteiger partial charge in [0.1, 0.15) is 6.04 Å². The van der Waals surface area contributed by atoms with Crippen molar-refractivity contribution in [3.63, 3.8) is 0 Å². The molecule has 2 amide bonds. The van der Waals surface area contributed by atoms with E-state index in [1.807, 2.05) is 6.26 Å². The molecule has 5 nitrogen and oxygen atoms in total. The number of thioether (sulfide) groups is 1. The van der Waals surface area contributed by atoms with E-state index in [0.29, 0.717) is 18.8 Å². The second-order valence-electron chi connectivity index (χ2n) is 3.35. The summed E-state index contributed by atoms with van der Waals surface area (Å²) >= 11 is 1.48. The summed E-state index contributed by atoms with van der Waals surface area (Å²) in [6.45, 7) is 1.91. The fraction of sp³-hybridized carbons (Fsp3) is 0.778. The zero-order valence-corrected chi connectivity index (χ0v) is 9.89. The van der Waals surface area contributed by atoms with Gasteiger partial charge in [-0.3, -0.25) is 9.59 Å². The summed E-state index contributed by atoms with van der Waals surface area (Å²) in [4.78, 5) is 24.9. The largest absolute Gasteiger partial charge is 0.357 e. The molecule has 1 saturated heterocycles. The van der Waals surface area contributed by atoms with Crippen LogP contribution in [0.25, 0.3) is 0 Å². The maximum atomic E-state index is 11.7. The van der Waals surface area contributed by atoms with Crippen molar-refractivity contribution < 1.29 is 9.59 Å². The third-order valence-electron chi connectivity index (χ3n) is 2.38. The molecule has 1 aliphatic heterocycles. The van der Waals surface area contributed by atoms with E-state index < -0.39 is 0 Å². The van der Waals surface area contributed by atoms with Gasteiger partial charge in [0.05, 0.1) is 5.75 Å². The van der Waals surface area contributed by atoms with Crippen molar-refractivity contribution >= 4 is 23.6 Å². The minimum atomic E-state index is -0.358. The van der Waals surface area contributed by atoms with Gasteiger partial charge in [-0.25, -0.2) is 0 Å². The number of hydrogen-bond donors (Lipinski definition) is 2. The average molecular weight is 231 g/mol. The van der Waals surface area contributed by atoms with Gasteiger partial charge in [0.2, 0.25) is 11.8 Å². The van der Waals surface area contributed by atoms with E-state index in [2.05, 4.69) is 10.6 Å². The van der Waals surface area contributed by atoms with E-state index in [9.17, 15) is 9.59 Å². The fourth-order valence-corrected chi connectivity index (χ4v) is 2.02. The minimum Gasteiger partial charge on any atom is -0.357 e. The molecule has 1 aliphatic rings. The van der Waals surface area contributed by atoms with Gasteiger partial charge in [-0.15, -0.1) is 0 Å². The Labute approximate surface area is 94.0 Å². The molecule has 1 rings (SSSR count). The van der Waals surface area contributed by atoms with E-state index in [0.717, 1.165) is 6.54 Å². The summed E-state index contributed by atoms with van der Waals surface area (Å²) in [5, 5.41) is 5.70. The number of hydrogen-bond acceptors (Lipinski definition) is 4. The van der Waals surface area contributed by atoms with E-state index >= 15 is 0 Å². The smallest absolute Gasteiger partial charge is 0.243 e. The molecule has 15 heavy (non-hydrogen) atoms. The molecular formula is C9H17N3O2S. The first kappa shape index (κ1) is 12.3. The van der Waals surface area contributed by atoms with Gasteiger partial charge in [-0.1, -0.05) is 0 Å². The number of nitrogens with zero attached hydrogens (tertiary/aromatic N) is 1. The second kappa shape index (κ2) is 5.97. The number of nitrogens with one attached hydrogen (secondary N) is 2. The first-order chi connectivity index (χ1) is 7.20. The first-order valence-electron chi connectivity index (χ1n) is 4.91. The van der Waals surface area contributed by atoms with Crippen LogP contribution in [0.2, 0.25) is 0 Å². The van der Waals surface area contributed by atoms with Crippen molar-refractivity contribution in [2.75, 3.05) is 38.7 Å². The first-order valence-corrected chi connectivity index (χ1v) is 6.30. The van der Waals surface area contributed by atoms with Gasteiger partial charge in [0, 0.05) is 26.7 Å². The highest BCUT2D eigenvalue weighted by atomic mass is 32.2. The van der Waals surface area contributed by atoms with E-state index in [1.165, 1.54) is 11.8 Å². The standard InChI is InChI=1S/C9H17N3O2S/c1-10-9(14)7-5-11-3-4-12(7)8(13)6-15-2/h7,11H,3-6H2,1-2H3,(H,10,14). The van der Waals surface area contributed by atoms with E-state index in [1.54, 1.807) is 11.9 Å². The lowest BCUT2D eigenvalue weighted by Gasteiger charge is -2.34. The molecule has 6 heteroatoms. The zero-order valence-electron chi connectivity index (χ0n) is 9.08. The topological polar surface area (TPSA) is 61.4 Å². The molecule has 0 spiro atoms. The van der Waals surface area contributed by atoms with Crippen LogP contribution in [0, 0.1) is 0 Å². The lowest BCUT2D eigenvalue weighted by atomic mass is 10.2. The molecule has 0 bridgehead atoms. The van der Waals surface area contributed by atoms with Crippen molar-refractivity contribution in [1.82, 2.24) is 15.5 Å². The summed E-state index contributed by atoms with van der Waals surface area (Å²) in [6, 6.07) is -0.358. The lowest BCUT2D eigenvalue weighted by Crippen LogP contribution is -2.59. The van der Waals surface area contributed by atoms with Gasteiger partial charge >= 0.3 is 0 Å². The molecule has 1 unspecified atom stereocenters. The maximum absolute atomic E-state index is 11.7. The highest BCUT2D eigenvalue weighted by Crippen LogP contribution is 2.06. The number of carbonyl (C=O) groups is 2. The molecule has 1 fully saturated rings. The zero-order chi connectivity index (χ0) is 11.3. The Hall–Kier alpha value is -0.750. The predicted octanol–water partition coefficient (Wildman–Crippen LogP) is -1.10. The minimum absolute atomic E-state index is 0.0394. The Morgan fingerprint density at radius 2 is 2.33 bits per heavy atom. The van der Waals surface area contributed by atoms with E-state index in [4.69, 9.17) is 0 Å². The van der Waals surface area contributed by atoms with Crippen LogP contribution in [0.4, 0.5) is 0 Å². The Morgan fingerprint density at radius 1 is 1.60 bits per heavy atom. The number of likely N-dealkylation sites (N-methyl/N-ethyl adjacent to an activating group) is 1. The third-order valence-corrected chi connectivity index (χ3v) is 2.92. The summed E-state index contributed by atoms with van der Waals surface area (Å²) < 4.78 is 0. The van der Waals surface area contributed by atoms with Crippen molar-refractivity contribution in [3.05, 3.63) is 0 Å². The Bertz CT molecular complexity index is 248. The summed E-state index contributed by atoms with van der Waals surface area (Å²) in [7, 11) is 1.59.